The summed E-state index contributed by atoms with van der Waals surface area (Å²) in [7, 11) is 0. The summed E-state index contributed by atoms with van der Waals surface area (Å²) in [5.74, 6) is 0.00339. The van der Waals surface area contributed by atoms with Crippen molar-refractivity contribution in [1.82, 2.24) is 14.6 Å². The van der Waals surface area contributed by atoms with E-state index in [1.54, 1.807) is 54.9 Å². The molecule has 2 heterocycles. The van der Waals surface area contributed by atoms with Gasteiger partial charge >= 0.3 is 0 Å². The Labute approximate surface area is 158 Å². The highest BCUT2D eigenvalue weighted by atomic mass is 35.5. The summed E-state index contributed by atoms with van der Waals surface area (Å²) < 4.78 is 14.3. The van der Waals surface area contributed by atoms with Crippen LogP contribution in [-0.2, 0) is 0 Å². The molecule has 132 valence electrons. The van der Waals surface area contributed by atoms with Crippen molar-refractivity contribution in [3.63, 3.8) is 0 Å². The van der Waals surface area contributed by atoms with Gasteiger partial charge < -0.3 is 0 Å². The maximum absolute atomic E-state index is 13.1. The number of hydrogen-bond donors (Lipinski definition) is 0. The topological polar surface area (TPSA) is 60.1 Å². The van der Waals surface area contributed by atoms with E-state index in [2.05, 4.69) is 15.1 Å². The molecular formula is C20H12ClFN4O. The Bertz CT molecular complexity index is 1200. The molecule has 0 amide bonds. The smallest absolute Gasteiger partial charge is 0.267 e. The normalized spacial score (nSPS) is 11.3. The highest BCUT2D eigenvalue weighted by molar-refractivity contribution is 6.31. The molecule has 4 aromatic rings. The fourth-order valence-electron chi connectivity index (χ4n) is 2.61. The van der Waals surface area contributed by atoms with Crippen molar-refractivity contribution in [3.8, 4) is 11.4 Å². The molecule has 0 atom stereocenters. The Morgan fingerprint density at radius 1 is 1.11 bits per heavy atom. The van der Waals surface area contributed by atoms with Gasteiger partial charge in [0.1, 0.15) is 5.82 Å². The Balaban J connectivity index is 1.94. The second kappa shape index (κ2) is 7.09. The highest BCUT2D eigenvalue weighted by Gasteiger charge is 2.13. The molecule has 0 saturated carbocycles. The number of pyridine rings is 1. The molecule has 2 aromatic carbocycles. The average molecular weight is 379 g/mol. The number of benzene rings is 2. The first-order valence-electron chi connectivity index (χ1n) is 8.04. The molecule has 5 nitrogen and oxygen atoms in total. The Kier molecular flexibility index (Phi) is 4.48. The maximum Gasteiger partial charge on any atom is 0.282 e. The van der Waals surface area contributed by atoms with Crippen LogP contribution in [0.1, 0.15) is 5.56 Å². The summed E-state index contributed by atoms with van der Waals surface area (Å²) in [5, 5.41) is 5.07. The number of fused-ring (bicyclic) bond motifs is 1. The van der Waals surface area contributed by atoms with Gasteiger partial charge in [-0.2, -0.15) is 9.78 Å². The molecule has 0 aliphatic carbocycles. The zero-order chi connectivity index (χ0) is 18.8. The predicted octanol–water partition coefficient (Wildman–Crippen LogP) is 4.13. The van der Waals surface area contributed by atoms with Crippen LogP contribution < -0.4 is 5.56 Å². The third-order valence-corrected chi connectivity index (χ3v) is 4.16. The Hall–Kier alpha value is -3.38. The second-order valence-corrected chi connectivity index (χ2v) is 6.19. The van der Waals surface area contributed by atoms with E-state index < -0.39 is 0 Å². The molecule has 27 heavy (non-hydrogen) atoms. The van der Waals surface area contributed by atoms with E-state index in [1.807, 2.05) is 0 Å². The zero-order valence-electron chi connectivity index (χ0n) is 13.9. The second-order valence-electron chi connectivity index (χ2n) is 5.75. The van der Waals surface area contributed by atoms with E-state index in [0.717, 1.165) is 0 Å². The van der Waals surface area contributed by atoms with Crippen LogP contribution in [0.2, 0.25) is 5.02 Å². The van der Waals surface area contributed by atoms with Gasteiger partial charge in [0.2, 0.25) is 0 Å². The first-order valence-corrected chi connectivity index (χ1v) is 8.42. The molecule has 0 unspecified atom stereocenters. The lowest BCUT2D eigenvalue weighted by Gasteiger charge is -2.09. The summed E-state index contributed by atoms with van der Waals surface area (Å²) in [6, 6.07) is 14.3. The van der Waals surface area contributed by atoms with Crippen molar-refractivity contribution in [1.29, 1.82) is 0 Å². The Morgan fingerprint density at radius 2 is 1.93 bits per heavy atom. The quantitative estimate of drug-likeness (QED) is 0.503. The first kappa shape index (κ1) is 17.1. The van der Waals surface area contributed by atoms with Gasteiger partial charge in [-0.3, -0.25) is 9.78 Å². The van der Waals surface area contributed by atoms with Crippen molar-refractivity contribution < 1.29 is 4.39 Å². The van der Waals surface area contributed by atoms with Crippen LogP contribution in [-0.4, -0.2) is 20.9 Å². The molecule has 4 rings (SSSR count). The lowest BCUT2D eigenvalue weighted by Crippen LogP contribution is -2.20. The maximum atomic E-state index is 13.1. The molecule has 0 fully saturated rings. The van der Waals surface area contributed by atoms with Gasteiger partial charge in [-0.05, 0) is 48.0 Å². The number of rotatable bonds is 3. The van der Waals surface area contributed by atoms with Crippen molar-refractivity contribution in [3.05, 3.63) is 93.7 Å². The minimum absolute atomic E-state index is 0.345. The van der Waals surface area contributed by atoms with Crippen molar-refractivity contribution in [2.45, 2.75) is 0 Å². The third kappa shape index (κ3) is 3.47. The minimum atomic E-state index is -0.361. The van der Waals surface area contributed by atoms with Crippen LogP contribution in [0.5, 0.6) is 0 Å². The van der Waals surface area contributed by atoms with Gasteiger partial charge in [0.15, 0.2) is 5.82 Å². The van der Waals surface area contributed by atoms with E-state index >= 15 is 0 Å². The molecule has 2 aromatic heterocycles. The number of aromatic nitrogens is 3. The summed E-state index contributed by atoms with van der Waals surface area (Å²) in [5.41, 5.74) is 1.44. The fraction of sp³-hybridized carbons (Fsp3) is 0. The van der Waals surface area contributed by atoms with E-state index in [0.29, 0.717) is 32.9 Å². The number of hydrogen-bond acceptors (Lipinski definition) is 4. The first-order chi connectivity index (χ1) is 13.1. The van der Waals surface area contributed by atoms with Crippen LogP contribution in [0.25, 0.3) is 22.3 Å². The van der Waals surface area contributed by atoms with Gasteiger partial charge in [-0.15, -0.1) is 0 Å². The van der Waals surface area contributed by atoms with Crippen LogP contribution >= 0.6 is 11.6 Å². The van der Waals surface area contributed by atoms with E-state index in [1.165, 1.54) is 23.0 Å². The lowest BCUT2D eigenvalue weighted by molar-refractivity contribution is 0.628. The van der Waals surface area contributed by atoms with Crippen LogP contribution in [0, 0.1) is 5.82 Å². The SMILES string of the molecule is O=c1c2cc(Cl)ccc2nc(-c2cccnc2)n1N=Cc1ccc(F)cc1. The van der Waals surface area contributed by atoms with Gasteiger partial charge in [-0.1, -0.05) is 23.7 Å². The molecule has 0 saturated heterocycles. The standard InChI is InChI=1S/C20H12ClFN4O/c21-15-5-8-18-17(10-15)20(27)26(19(25-18)14-2-1-9-23-12-14)24-11-13-3-6-16(22)7-4-13/h1-12H. The van der Waals surface area contributed by atoms with Gasteiger partial charge in [-0.25, -0.2) is 9.37 Å². The van der Waals surface area contributed by atoms with E-state index in [-0.39, 0.29) is 11.4 Å². The molecule has 0 bridgehead atoms. The third-order valence-electron chi connectivity index (χ3n) is 3.92. The number of halogens is 2. The predicted molar refractivity (Wildman–Crippen MR) is 104 cm³/mol. The zero-order valence-corrected chi connectivity index (χ0v) is 14.6. The summed E-state index contributed by atoms with van der Waals surface area (Å²) in [4.78, 5) is 21.7. The van der Waals surface area contributed by atoms with Gasteiger partial charge in [0.05, 0.1) is 17.1 Å². The van der Waals surface area contributed by atoms with Gasteiger partial charge in [0, 0.05) is 23.0 Å². The molecule has 0 spiro atoms. The molecule has 0 radical (unpaired) electrons. The van der Waals surface area contributed by atoms with Crippen molar-refractivity contribution >= 4 is 28.7 Å². The van der Waals surface area contributed by atoms with E-state index in [4.69, 9.17) is 11.6 Å². The Morgan fingerprint density at radius 3 is 2.67 bits per heavy atom. The van der Waals surface area contributed by atoms with Crippen LogP contribution in [0.15, 0.2) is 76.9 Å². The fourth-order valence-corrected chi connectivity index (χ4v) is 2.78. The average Bonchev–Trinajstić information content (AvgIpc) is 2.69. The molecule has 0 aliphatic rings. The molecule has 7 heteroatoms. The largest absolute Gasteiger partial charge is 0.282 e. The summed E-state index contributed by atoms with van der Waals surface area (Å²) in [6.07, 6.45) is 4.71. The van der Waals surface area contributed by atoms with Crippen molar-refractivity contribution in [2.75, 3.05) is 0 Å². The monoisotopic (exact) mass is 378 g/mol. The molecular weight excluding hydrogens is 367 g/mol. The molecule has 0 aliphatic heterocycles. The summed E-state index contributed by atoms with van der Waals surface area (Å²) in [6.45, 7) is 0. The van der Waals surface area contributed by atoms with Gasteiger partial charge in [0.25, 0.3) is 5.56 Å². The van der Waals surface area contributed by atoms with Crippen LogP contribution in [0.4, 0.5) is 4.39 Å². The highest BCUT2D eigenvalue weighted by Crippen LogP contribution is 2.20. The van der Waals surface area contributed by atoms with Crippen LogP contribution in [0.3, 0.4) is 0 Å². The van der Waals surface area contributed by atoms with E-state index in [9.17, 15) is 9.18 Å². The minimum Gasteiger partial charge on any atom is -0.267 e. The lowest BCUT2D eigenvalue weighted by atomic mass is 10.2. The number of nitrogens with zero attached hydrogens (tertiary/aromatic N) is 4. The molecule has 0 N–H and O–H groups in total. The van der Waals surface area contributed by atoms with Crippen molar-refractivity contribution in [2.24, 2.45) is 5.10 Å². The summed E-state index contributed by atoms with van der Waals surface area (Å²) >= 11 is 6.03.